The van der Waals surface area contributed by atoms with Crippen LogP contribution in [-0.2, 0) is 17.8 Å². The van der Waals surface area contributed by atoms with E-state index in [1.165, 1.54) is 0 Å². The Morgan fingerprint density at radius 3 is 2.73 bits per heavy atom. The number of carboxylic acid groups (broad SMARTS) is 1. The molecule has 1 aliphatic carbocycles. The second-order valence-corrected chi connectivity index (χ2v) is 7.81. The highest BCUT2D eigenvalue weighted by Crippen LogP contribution is 2.37. The van der Waals surface area contributed by atoms with Gasteiger partial charge in [-0.15, -0.1) is 0 Å². The number of hydrogen-bond acceptors (Lipinski definition) is 3. The van der Waals surface area contributed by atoms with Gasteiger partial charge in [0.1, 0.15) is 5.82 Å². The molecule has 0 amide bonds. The van der Waals surface area contributed by atoms with Gasteiger partial charge in [-0.2, -0.15) is 0 Å². The molecule has 0 spiro atoms. The van der Waals surface area contributed by atoms with Gasteiger partial charge in [0.15, 0.2) is 0 Å². The predicted octanol–water partition coefficient (Wildman–Crippen LogP) is 5.42. The van der Waals surface area contributed by atoms with Crippen molar-refractivity contribution in [1.82, 2.24) is 15.7 Å². The third kappa shape index (κ3) is 4.22. The minimum Gasteiger partial charge on any atom is -0.481 e. The summed E-state index contributed by atoms with van der Waals surface area (Å²) in [6, 6.07) is 5.50. The molecule has 3 rings (SSSR count). The molecule has 1 aromatic heterocycles. The molecule has 0 fully saturated rings. The highest BCUT2D eigenvalue weighted by atomic mass is 35.5. The number of fused-ring (bicyclic) bond motifs is 1. The number of carboxylic acids is 1. The van der Waals surface area contributed by atoms with Crippen molar-refractivity contribution in [2.75, 3.05) is 0 Å². The number of hydrogen-bond donors (Lipinski definition) is 2. The third-order valence-corrected chi connectivity index (χ3v) is 5.33. The first-order valence-electron chi connectivity index (χ1n) is 8.61. The lowest BCUT2D eigenvalue weighted by Gasteiger charge is -2.24. The molecule has 5 nitrogen and oxygen atoms in total. The van der Waals surface area contributed by atoms with Crippen molar-refractivity contribution in [3.63, 3.8) is 0 Å². The smallest absolute Gasteiger partial charge is 0.304 e. The maximum Gasteiger partial charge on any atom is 0.304 e. The van der Waals surface area contributed by atoms with Crippen LogP contribution in [-0.4, -0.2) is 20.6 Å². The second kappa shape index (κ2) is 8.42. The van der Waals surface area contributed by atoms with Gasteiger partial charge in [-0.3, -0.25) is 4.79 Å². The van der Waals surface area contributed by atoms with Gasteiger partial charge in [0.05, 0.1) is 18.7 Å². The first kappa shape index (κ1) is 20.7. The Bertz CT molecular complexity index is 802. The quantitative estimate of drug-likeness (QED) is 0.704. The third-order valence-electron chi connectivity index (χ3n) is 4.75. The maximum absolute atomic E-state index is 11.3. The van der Waals surface area contributed by atoms with Crippen molar-refractivity contribution in [3.8, 4) is 0 Å². The van der Waals surface area contributed by atoms with Gasteiger partial charge in [0.25, 0.3) is 0 Å². The average Bonchev–Trinajstić information content (AvgIpc) is 2.89. The molecule has 1 unspecified atom stereocenters. The Morgan fingerprint density at radius 2 is 2.12 bits per heavy atom. The molecule has 0 radical (unpaired) electrons. The lowest BCUT2D eigenvalue weighted by Crippen LogP contribution is -2.19. The molecule has 4 N–H and O–H groups in total. The Labute approximate surface area is 163 Å². The molecule has 0 saturated heterocycles. The Balaban J connectivity index is 0.00000243. The van der Waals surface area contributed by atoms with Gasteiger partial charge in [0, 0.05) is 27.6 Å². The van der Waals surface area contributed by atoms with Crippen molar-refractivity contribution in [2.45, 2.75) is 57.9 Å². The summed E-state index contributed by atoms with van der Waals surface area (Å²) in [5, 5.41) is 10.5. The summed E-state index contributed by atoms with van der Waals surface area (Å²) in [6.45, 7) is 4.81. The minimum absolute atomic E-state index is 0. The largest absolute Gasteiger partial charge is 0.481 e. The van der Waals surface area contributed by atoms with E-state index in [0.29, 0.717) is 16.6 Å². The molecule has 0 aliphatic heterocycles. The zero-order chi connectivity index (χ0) is 18.1. The van der Waals surface area contributed by atoms with Crippen LogP contribution >= 0.6 is 23.2 Å². The standard InChI is InChI=1S/C19H22Cl2N2O2.H3N/c1-11(2)19-22-16-5-3-4-12(8-17(24)25)18(16)23(19)10-13-6-7-14(20)9-15(13)21;/h6-7,9,11-12H,3-5,8,10H2,1-2H3,(H,24,25);1H3. The highest BCUT2D eigenvalue weighted by Gasteiger charge is 2.30. The van der Waals surface area contributed by atoms with Gasteiger partial charge in [0.2, 0.25) is 0 Å². The van der Waals surface area contributed by atoms with Crippen LogP contribution in [0.1, 0.15) is 67.7 Å². The van der Waals surface area contributed by atoms with Crippen LogP contribution in [0.4, 0.5) is 0 Å². The molecule has 26 heavy (non-hydrogen) atoms. The van der Waals surface area contributed by atoms with Gasteiger partial charge in [-0.25, -0.2) is 4.98 Å². The van der Waals surface area contributed by atoms with Crippen molar-refractivity contribution < 1.29 is 9.90 Å². The van der Waals surface area contributed by atoms with Crippen LogP contribution in [0.25, 0.3) is 0 Å². The summed E-state index contributed by atoms with van der Waals surface area (Å²) in [5.74, 6) is 0.490. The summed E-state index contributed by atoms with van der Waals surface area (Å²) in [6.07, 6.45) is 2.93. The van der Waals surface area contributed by atoms with Crippen molar-refractivity contribution in [2.24, 2.45) is 0 Å². The van der Waals surface area contributed by atoms with E-state index < -0.39 is 5.97 Å². The zero-order valence-electron chi connectivity index (χ0n) is 15.1. The van der Waals surface area contributed by atoms with Crippen LogP contribution in [0.3, 0.4) is 0 Å². The van der Waals surface area contributed by atoms with Crippen molar-refractivity contribution >= 4 is 29.2 Å². The summed E-state index contributed by atoms with van der Waals surface area (Å²) in [5.41, 5.74) is 3.09. The summed E-state index contributed by atoms with van der Waals surface area (Å²) in [7, 11) is 0. The Morgan fingerprint density at radius 1 is 1.38 bits per heavy atom. The molecule has 1 atom stereocenters. The lowest BCUT2D eigenvalue weighted by molar-refractivity contribution is -0.137. The molecule has 1 heterocycles. The number of nitrogens with zero attached hydrogens (tertiary/aromatic N) is 2. The predicted molar refractivity (Wildman–Crippen MR) is 105 cm³/mol. The molecule has 0 saturated carbocycles. The fourth-order valence-corrected chi connectivity index (χ4v) is 4.13. The topological polar surface area (TPSA) is 90.1 Å². The lowest BCUT2D eigenvalue weighted by atomic mass is 9.87. The highest BCUT2D eigenvalue weighted by molar-refractivity contribution is 6.35. The first-order chi connectivity index (χ1) is 11.9. The van der Waals surface area contributed by atoms with Gasteiger partial charge >= 0.3 is 5.97 Å². The minimum atomic E-state index is -0.763. The fourth-order valence-electron chi connectivity index (χ4n) is 3.66. The number of aromatic nitrogens is 2. The van der Waals surface area contributed by atoms with E-state index in [9.17, 15) is 9.90 Å². The van der Waals surface area contributed by atoms with Crippen LogP contribution in [0.15, 0.2) is 18.2 Å². The molecular formula is C19H25Cl2N3O2. The number of aliphatic carboxylic acids is 1. The van der Waals surface area contributed by atoms with Crippen molar-refractivity contribution in [3.05, 3.63) is 51.0 Å². The number of imidazole rings is 1. The van der Waals surface area contributed by atoms with Crippen molar-refractivity contribution in [1.29, 1.82) is 0 Å². The van der Waals surface area contributed by atoms with Gasteiger partial charge in [-0.05, 0) is 37.0 Å². The Kier molecular flexibility index (Phi) is 6.72. The van der Waals surface area contributed by atoms with Gasteiger partial charge < -0.3 is 15.8 Å². The summed E-state index contributed by atoms with van der Waals surface area (Å²) in [4.78, 5) is 16.2. The monoisotopic (exact) mass is 397 g/mol. The molecule has 7 heteroatoms. The normalized spacial score (nSPS) is 16.3. The summed E-state index contributed by atoms with van der Waals surface area (Å²) >= 11 is 12.4. The van der Waals surface area contributed by atoms with E-state index in [1.54, 1.807) is 6.07 Å². The van der Waals surface area contributed by atoms with E-state index in [1.807, 2.05) is 12.1 Å². The summed E-state index contributed by atoms with van der Waals surface area (Å²) < 4.78 is 2.18. The number of carbonyl (C=O) groups is 1. The van der Waals surface area contributed by atoms with E-state index in [4.69, 9.17) is 28.2 Å². The molecule has 1 aromatic carbocycles. The molecule has 142 valence electrons. The first-order valence-corrected chi connectivity index (χ1v) is 9.37. The number of halogens is 2. The van der Waals surface area contributed by atoms with E-state index in [2.05, 4.69) is 18.4 Å². The van der Waals surface area contributed by atoms with Crippen LogP contribution in [0.5, 0.6) is 0 Å². The fraction of sp³-hybridized carbons (Fsp3) is 0.474. The van der Waals surface area contributed by atoms with E-state index in [-0.39, 0.29) is 24.4 Å². The number of aryl methyl sites for hydroxylation is 1. The Hall–Kier alpha value is -1.56. The molecular weight excluding hydrogens is 373 g/mol. The zero-order valence-corrected chi connectivity index (χ0v) is 16.6. The SMILES string of the molecule is CC(C)c1nc2c(n1Cc1ccc(Cl)cc1Cl)C(CC(=O)O)CCC2.N. The molecule has 2 aromatic rings. The number of benzene rings is 1. The molecule has 1 aliphatic rings. The average molecular weight is 398 g/mol. The van der Waals surface area contributed by atoms with Crippen LogP contribution in [0, 0.1) is 0 Å². The molecule has 0 bridgehead atoms. The van der Waals surface area contributed by atoms with E-state index >= 15 is 0 Å². The second-order valence-electron chi connectivity index (χ2n) is 6.97. The number of rotatable bonds is 5. The van der Waals surface area contributed by atoms with E-state index in [0.717, 1.165) is 42.0 Å². The van der Waals surface area contributed by atoms with Gasteiger partial charge in [-0.1, -0.05) is 43.1 Å². The van der Waals surface area contributed by atoms with Crippen LogP contribution < -0.4 is 6.15 Å². The van der Waals surface area contributed by atoms with Crippen LogP contribution in [0.2, 0.25) is 10.0 Å². The maximum atomic E-state index is 11.3.